The van der Waals surface area contributed by atoms with Gasteiger partial charge in [-0.3, -0.25) is 14.9 Å². The zero-order chi connectivity index (χ0) is 18.1. The number of esters is 1. The molecule has 0 saturated carbocycles. The number of nitro benzene ring substituents is 1. The van der Waals surface area contributed by atoms with Crippen molar-refractivity contribution in [2.24, 2.45) is 0 Å². The highest BCUT2D eigenvalue weighted by molar-refractivity contribution is 7.16. The number of aryl methyl sites for hydroxylation is 1. The van der Waals surface area contributed by atoms with E-state index < -0.39 is 10.9 Å². The minimum Gasteiger partial charge on any atom is -0.455 e. The van der Waals surface area contributed by atoms with Crippen molar-refractivity contribution < 1.29 is 14.5 Å². The number of hydrogen-bond acceptors (Lipinski definition) is 8. The number of rotatable bonds is 4. The predicted octanol–water partition coefficient (Wildman–Crippen LogP) is 2.38. The van der Waals surface area contributed by atoms with Gasteiger partial charge in [0.2, 0.25) is 4.96 Å². The second-order valence-corrected chi connectivity index (χ2v) is 6.37. The maximum Gasteiger partial charge on any atom is 0.338 e. The van der Waals surface area contributed by atoms with Crippen LogP contribution in [0.15, 0.2) is 29.1 Å². The number of aromatic nitrogens is 3. The first-order chi connectivity index (χ1) is 11.8. The smallest absolute Gasteiger partial charge is 0.338 e. The standard InChI is InChI=1S/C14H9ClN4O5S/c1-7-4-12(20)18-14(16-7)25-11(17-18)6-24-13(21)8-2-3-9(15)10(5-8)19(22)23/h2-5H,6H2,1H3. The lowest BCUT2D eigenvalue weighted by Gasteiger charge is -2.03. The van der Waals surface area contributed by atoms with Crippen LogP contribution in [0.2, 0.25) is 5.02 Å². The number of benzene rings is 1. The van der Waals surface area contributed by atoms with Gasteiger partial charge in [0.25, 0.3) is 11.2 Å². The van der Waals surface area contributed by atoms with E-state index in [0.29, 0.717) is 15.7 Å². The quantitative estimate of drug-likeness (QED) is 0.387. The third-order valence-electron chi connectivity index (χ3n) is 3.12. The van der Waals surface area contributed by atoms with Crippen molar-refractivity contribution in [1.29, 1.82) is 0 Å². The van der Waals surface area contributed by atoms with Gasteiger partial charge in [0.05, 0.1) is 10.5 Å². The summed E-state index contributed by atoms with van der Waals surface area (Å²) in [5, 5.41) is 15.2. The van der Waals surface area contributed by atoms with E-state index in [4.69, 9.17) is 16.3 Å². The average Bonchev–Trinajstić information content (AvgIpc) is 2.96. The zero-order valence-corrected chi connectivity index (χ0v) is 14.2. The van der Waals surface area contributed by atoms with Crippen LogP contribution < -0.4 is 5.56 Å². The Balaban J connectivity index is 1.79. The SMILES string of the molecule is Cc1cc(=O)n2nc(COC(=O)c3ccc(Cl)c([N+](=O)[O-])c3)sc2n1. The minimum atomic E-state index is -0.768. The van der Waals surface area contributed by atoms with Gasteiger partial charge in [0, 0.05) is 17.8 Å². The second-order valence-electron chi connectivity index (χ2n) is 4.93. The number of nitrogens with zero attached hydrogens (tertiary/aromatic N) is 4. The summed E-state index contributed by atoms with van der Waals surface area (Å²) in [5.41, 5.74) is -0.166. The maximum atomic E-state index is 12.0. The predicted molar refractivity (Wildman–Crippen MR) is 89.1 cm³/mol. The Hall–Kier alpha value is -2.85. The van der Waals surface area contributed by atoms with Gasteiger partial charge < -0.3 is 4.74 Å². The molecule has 0 aliphatic carbocycles. The fourth-order valence-corrected chi connectivity index (χ4v) is 3.05. The van der Waals surface area contributed by atoms with Crippen molar-refractivity contribution in [3.63, 3.8) is 0 Å². The molecule has 0 amide bonds. The Bertz CT molecular complexity index is 1060. The molecule has 1 aromatic carbocycles. The molecule has 0 N–H and O–H groups in total. The third kappa shape index (κ3) is 3.49. The van der Waals surface area contributed by atoms with E-state index in [9.17, 15) is 19.7 Å². The minimum absolute atomic E-state index is 0.0108. The molecule has 9 nitrogen and oxygen atoms in total. The number of hydrogen-bond donors (Lipinski definition) is 0. The lowest BCUT2D eigenvalue weighted by atomic mass is 10.2. The van der Waals surface area contributed by atoms with Crippen molar-refractivity contribution in [2.75, 3.05) is 0 Å². The number of carbonyl (C=O) groups is 1. The normalized spacial score (nSPS) is 10.8. The highest BCUT2D eigenvalue weighted by Crippen LogP contribution is 2.25. The van der Waals surface area contributed by atoms with Gasteiger partial charge in [0.15, 0.2) is 5.01 Å². The summed E-state index contributed by atoms with van der Waals surface area (Å²) in [6.07, 6.45) is 0. The van der Waals surface area contributed by atoms with Gasteiger partial charge in [-0.2, -0.15) is 9.61 Å². The molecule has 0 radical (unpaired) electrons. The highest BCUT2D eigenvalue weighted by atomic mass is 35.5. The molecule has 0 unspecified atom stereocenters. The molecule has 3 aromatic rings. The highest BCUT2D eigenvalue weighted by Gasteiger charge is 2.18. The molecule has 11 heteroatoms. The first kappa shape index (κ1) is 17.0. The van der Waals surface area contributed by atoms with Crippen LogP contribution in [-0.2, 0) is 11.3 Å². The summed E-state index contributed by atoms with van der Waals surface area (Å²) in [5.74, 6) is -0.768. The fourth-order valence-electron chi connectivity index (χ4n) is 2.01. The van der Waals surface area contributed by atoms with Crippen LogP contribution in [0, 0.1) is 17.0 Å². The summed E-state index contributed by atoms with van der Waals surface area (Å²) >= 11 is 6.81. The molecule has 0 aliphatic rings. The van der Waals surface area contributed by atoms with E-state index >= 15 is 0 Å². The zero-order valence-electron chi connectivity index (χ0n) is 12.6. The Kier molecular flexibility index (Phi) is 4.47. The lowest BCUT2D eigenvalue weighted by Crippen LogP contribution is -2.14. The Morgan fingerprint density at radius 2 is 2.20 bits per heavy atom. The molecule has 0 spiro atoms. The molecule has 0 bridgehead atoms. The Morgan fingerprint density at radius 3 is 2.92 bits per heavy atom. The van der Waals surface area contributed by atoms with Crippen LogP contribution in [-0.4, -0.2) is 25.5 Å². The summed E-state index contributed by atoms with van der Waals surface area (Å²) in [4.78, 5) is 38.6. The number of carbonyl (C=O) groups excluding carboxylic acids is 1. The molecular weight excluding hydrogens is 372 g/mol. The largest absolute Gasteiger partial charge is 0.455 e. The maximum absolute atomic E-state index is 12.0. The van der Waals surface area contributed by atoms with E-state index in [-0.39, 0.29) is 28.4 Å². The number of fused-ring (bicyclic) bond motifs is 1. The Morgan fingerprint density at radius 1 is 1.44 bits per heavy atom. The van der Waals surface area contributed by atoms with Crippen LogP contribution in [0.1, 0.15) is 21.1 Å². The second kappa shape index (κ2) is 6.57. The number of ether oxygens (including phenoxy) is 1. The molecule has 0 saturated heterocycles. The van der Waals surface area contributed by atoms with Crippen molar-refractivity contribution in [3.05, 3.63) is 66.0 Å². The van der Waals surface area contributed by atoms with Gasteiger partial charge in [0.1, 0.15) is 11.6 Å². The molecule has 0 atom stereocenters. The topological polar surface area (TPSA) is 117 Å². The van der Waals surface area contributed by atoms with Crippen LogP contribution in [0.4, 0.5) is 5.69 Å². The van der Waals surface area contributed by atoms with Gasteiger partial charge in [-0.1, -0.05) is 22.9 Å². The molecule has 2 heterocycles. The molecular formula is C14H9ClN4O5S. The monoisotopic (exact) mass is 380 g/mol. The van der Waals surface area contributed by atoms with Crippen LogP contribution in [0.25, 0.3) is 4.96 Å². The van der Waals surface area contributed by atoms with Crippen LogP contribution in [0.3, 0.4) is 0 Å². The van der Waals surface area contributed by atoms with E-state index in [2.05, 4.69) is 10.1 Å². The summed E-state index contributed by atoms with van der Waals surface area (Å²) < 4.78 is 6.21. The van der Waals surface area contributed by atoms with Gasteiger partial charge in [-0.25, -0.2) is 9.78 Å². The van der Waals surface area contributed by atoms with E-state index in [1.807, 2.05) is 0 Å². The van der Waals surface area contributed by atoms with Crippen LogP contribution in [0.5, 0.6) is 0 Å². The molecule has 25 heavy (non-hydrogen) atoms. The third-order valence-corrected chi connectivity index (χ3v) is 4.32. The summed E-state index contributed by atoms with van der Waals surface area (Å²) in [6, 6.07) is 4.96. The van der Waals surface area contributed by atoms with E-state index in [1.165, 1.54) is 18.2 Å². The van der Waals surface area contributed by atoms with Crippen molar-refractivity contribution in [1.82, 2.24) is 14.6 Å². The van der Waals surface area contributed by atoms with Crippen LogP contribution >= 0.6 is 22.9 Å². The fraction of sp³-hybridized carbons (Fsp3) is 0.143. The number of nitro groups is 1. The lowest BCUT2D eigenvalue weighted by molar-refractivity contribution is -0.384. The van der Waals surface area contributed by atoms with E-state index in [1.54, 1.807) is 6.92 Å². The van der Waals surface area contributed by atoms with Gasteiger partial charge >= 0.3 is 5.97 Å². The Labute approximate surface area is 148 Å². The van der Waals surface area contributed by atoms with E-state index in [0.717, 1.165) is 21.9 Å². The van der Waals surface area contributed by atoms with Crippen molar-refractivity contribution in [3.8, 4) is 0 Å². The van der Waals surface area contributed by atoms with Crippen molar-refractivity contribution in [2.45, 2.75) is 13.5 Å². The summed E-state index contributed by atoms with van der Waals surface area (Å²) in [7, 11) is 0. The first-order valence-electron chi connectivity index (χ1n) is 6.82. The molecule has 0 fully saturated rings. The molecule has 2 aromatic heterocycles. The molecule has 3 rings (SSSR count). The molecule has 128 valence electrons. The number of halogens is 1. The van der Waals surface area contributed by atoms with Gasteiger partial charge in [-0.15, -0.1) is 0 Å². The average molecular weight is 381 g/mol. The first-order valence-corrected chi connectivity index (χ1v) is 8.02. The molecule has 0 aliphatic heterocycles. The van der Waals surface area contributed by atoms with Crippen molar-refractivity contribution >= 4 is 39.6 Å². The summed E-state index contributed by atoms with van der Waals surface area (Å²) in [6.45, 7) is 1.50. The van der Waals surface area contributed by atoms with Gasteiger partial charge in [-0.05, 0) is 19.1 Å².